The summed E-state index contributed by atoms with van der Waals surface area (Å²) in [7, 11) is 0. The van der Waals surface area contributed by atoms with E-state index in [2.05, 4.69) is 240 Å². The third-order valence-electron chi connectivity index (χ3n) is 14.0. The van der Waals surface area contributed by atoms with Gasteiger partial charge in [0.2, 0.25) is 0 Å². The second kappa shape index (κ2) is 13.3. The molecule has 13 aromatic rings. The Morgan fingerprint density at radius 1 is 0.297 bits per heavy atom. The quantitative estimate of drug-likeness (QED) is 0.170. The monoisotopic (exact) mass is 814 g/mol. The predicted molar refractivity (Wildman–Crippen MR) is 265 cm³/mol. The van der Waals surface area contributed by atoms with Crippen LogP contribution in [-0.2, 0) is 5.41 Å². The van der Waals surface area contributed by atoms with Gasteiger partial charge < -0.3 is 13.6 Å². The van der Waals surface area contributed by atoms with Crippen LogP contribution in [0.15, 0.2) is 235 Å². The number of hydrogen-bond acceptors (Lipinski definition) is 1. The third kappa shape index (κ3) is 4.81. The molecule has 3 heterocycles. The summed E-state index contributed by atoms with van der Waals surface area (Å²) in [6, 6.07) is 84.7. The molecule has 0 fully saturated rings. The summed E-state index contributed by atoms with van der Waals surface area (Å²) in [5, 5.41) is 7.24. The van der Waals surface area contributed by atoms with Crippen LogP contribution in [0.1, 0.15) is 22.3 Å². The number of nitrogens with zero attached hydrogens (tertiary/aromatic N) is 2. The summed E-state index contributed by atoms with van der Waals surface area (Å²) in [6.07, 6.45) is 0. The Kier molecular flexibility index (Phi) is 7.32. The lowest BCUT2D eigenvalue weighted by atomic mass is 9.67. The van der Waals surface area contributed by atoms with Gasteiger partial charge in [0.25, 0.3) is 0 Å². The van der Waals surface area contributed by atoms with E-state index < -0.39 is 5.41 Å². The standard InChI is InChI=1S/C61H38N2O/c1-2-15-41(16-3-1)61(42-17-14-18-43(37-42)62-55-25-10-5-20-46(55)47-21-6-11-26-56(47)62)53-24-9-4-19-45(53)50-35-39(29-32-54(50)61)40-30-33-59-51(36-40)52-38-44(31-34-60(52)64-59)63-57-27-12-7-22-48(57)49-23-8-13-28-58(49)63/h1-38H. The maximum atomic E-state index is 6.51. The van der Waals surface area contributed by atoms with Gasteiger partial charge in [0, 0.05) is 43.7 Å². The number of aromatic nitrogens is 2. The number of hydrogen-bond donors (Lipinski definition) is 0. The van der Waals surface area contributed by atoms with E-state index in [4.69, 9.17) is 4.42 Å². The predicted octanol–water partition coefficient (Wildman–Crippen LogP) is 15.8. The Morgan fingerprint density at radius 3 is 1.44 bits per heavy atom. The van der Waals surface area contributed by atoms with Gasteiger partial charge in [-0.3, -0.25) is 0 Å². The van der Waals surface area contributed by atoms with E-state index in [-0.39, 0.29) is 0 Å². The molecule has 298 valence electrons. The Balaban J connectivity index is 0.950. The molecule has 0 spiro atoms. The molecular formula is C61H38N2O. The second-order valence-electron chi connectivity index (χ2n) is 17.2. The van der Waals surface area contributed by atoms with Crippen LogP contribution in [-0.4, -0.2) is 9.13 Å². The normalized spacial score (nSPS) is 14.6. The first kappa shape index (κ1) is 35.2. The van der Waals surface area contributed by atoms with E-state index in [0.717, 1.165) is 38.9 Å². The molecule has 10 aromatic carbocycles. The average molecular weight is 815 g/mol. The molecule has 3 heteroatoms. The van der Waals surface area contributed by atoms with E-state index in [1.165, 1.54) is 82.6 Å². The number of rotatable bonds is 5. The number of furan rings is 1. The van der Waals surface area contributed by atoms with Crippen LogP contribution in [0, 0.1) is 0 Å². The van der Waals surface area contributed by atoms with Gasteiger partial charge in [-0.05, 0) is 117 Å². The topological polar surface area (TPSA) is 23.0 Å². The number of fused-ring (bicyclic) bond motifs is 12. The molecule has 64 heavy (non-hydrogen) atoms. The second-order valence-corrected chi connectivity index (χ2v) is 17.2. The van der Waals surface area contributed by atoms with Crippen molar-refractivity contribution in [3.8, 4) is 33.6 Å². The summed E-state index contributed by atoms with van der Waals surface area (Å²) in [5.41, 5.74) is 18.2. The van der Waals surface area contributed by atoms with Gasteiger partial charge in [-0.1, -0.05) is 158 Å². The van der Waals surface area contributed by atoms with Crippen LogP contribution in [0.2, 0.25) is 0 Å². The lowest BCUT2D eigenvalue weighted by molar-refractivity contribution is 0.669. The van der Waals surface area contributed by atoms with Crippen molar-refractivity contribution in [2.45, 2.75) is 5.41 Å². The summed E-state index contributed by atoms with van der Waals surface area (Å²) in [6.45, 7) is 0. The number of benzene rings is 10. The average Bonchev–Trinajstić information content (AvgIpc) is 4.09. The first-order valence-corrected chi connectivity index (χ1v) is 22.1. The molecule has 0 aliphatic heterocycles. The van der Waals surface area contributed by atoms with Gasteiger partial charge >= 0.3 is 0 Å². The van der Waals surface area contributed by atoms with Crippen molar-refractivity contribution in [2.24, 2.45) is 0 Å². The van der Waals surface area contributed by atoms with Crippen molar-refractivity contribution < 1.29 is 4.42 Å². The SMILES string of the molecule is c1ccc(C2(c3cccc(-n4c5ccccc5c5ccccc54)c3)c3ccccc3-c3cc(-c4ccc5oc6ccc(-n7c8ccccc8c8ccccc87)cc6c5c4)ccc32)cc1. The Labute approximate surface area is 369 Å². The zero-order valence-electron chi connectivity index (χ0n) is 34.7. The highest BCUT2D eigenvalue weighted by atomic mass is 16.3. The van der Waals surface area contributed by atoms with E-state index in [9.17, 15) is 0 Å². The van der Waals surface area contributed by atoms with Crippen molar-refractivity contribution in [1.82, 2.24) is 9.13 Å². The van der Waals surface area contributed by atoms with Crippen LogP contribution in [0.5, 0.6) is 0 Å². The lowest BCUT2D eigenvalue weighted by Gasteiger charge is -2.34. The van der Waals surface area contributed by atoms with E-state index >= 15 is 0 Å². The van der Waals surface area contributed by atoms with Crippen molar-refractivity contribution in [3.63, 3.8) is 0 Å². The zero-order valence-corrected chi connectivity index (χ0v) is 34.7. The highest BCUT2D eigenvalue weighted by Gasteiger charge is 2.46. The van der Waals surface area contributed by atoms with Crippen LogP contribution in [0.4, 0.5) is 0 Å². The fourth-order valence-electron chi connectivity index (χ4n) is 11.3. The molecule has 1 unspecified atom stereocenters. The molecule has 0 N–H and O–H groups in total. The Hall–Kier alpha value is -8.40. The molecule has 3 nitrogen and oxygen atoms in total. The molecule has 0 amide bonds. The number of para-hydroxylation sites is 4. The Morgan fingerprint density at radius 2 is 0.781 bits per heavy atom. The summed E-state index contributed by atoms with van der Waals surface area (Å²) in [4.78, 5) is 0. The Bertz CT molecular complexity index is 3930. The fraction of sp³-hybridized carbons (Fsp3) is 0.0164. The maximum Gasteiger partial charge on any atom is 0.135 e. The molecule has 0 radical (unpaired) electrons. The summed E-state index contributed by atoms with van der Waals surface area (Å²) < 4.78 is 11.3. The van der Waals surface area contributed by atoms with Crippen molar-refractivity contribution in [3.05, 3.63) is 253 Å². The zero-order chi connectivity index (χ0) is 41.9. The molecule has 1 aliphatic carbocycles. The minimum Gasteiger partial charge on any atom is -0.456 e. The lowest BCUT2D eigenvalue weighted by Crippen LogP contribution is -2.28. The first-order chi connectivity index (χ1) is 31.7. The summed E-state index contributed by atoms with van der Waals surface area (Å²) in [5.74, 6) is 0. The van der Waals surface area contributed by atoms with E-state index in [0.29, 0.717) is 0 Å². The van der Waals surface area contributed by atoms with Gasteiger partial charge in [-0.15, -0.1) is 0 Å². The van der Waals surface area contributed by atoms with Crippen LogP contribution in [0.25, 0.3) is 99.2 Å². The molecule has 0 saturated carbocycles. The molecule has 1 aliphatic rings. The highest BCUT2D eigenvalue weighted by molar-refractivity contribution is 6.12. The highest BCUT2D eigenvalue weighted by Crippen LogP contribution is 2.57. The maximum absolute atomic E-state index is 6.51. The van der Waals surface area contributed by atoms with E-state index in [1.807, 2.05) is 0 Å². The van der Waals surface area contributed by atoms with Crippen LogP contribution >= 0.6 is 0 Å². The molecule has 3 aromatic heterocycles. The van der Waals surface area contributed by atoms with Crippen molar-refractivity contribution in [1.29, 1.82) is 0 Å². The van der Waals surface area contributed by atoms with Crippen molar-refractivity contribution in [2.75, 3.05) is 0 Å². The van der Waals surface area contributed by atoms with Gasteiger partial charge in [-0.25, -0.2) is 0 Å². The minimum atomic E-state index is -0.547. The van der Waals surface area contributed by atoms with E-state index in [1.54, 1.807) is 0 Å². The summed E-state index contributed by atoms with van der Waals surface area (Å²) >= 11 is 0. The molecule has 0 saturated heterocycles. The van der Waals surface area contributed by atoms with Gasteiger partial charge in [0.05, 0.1) is 27.5 Å². The van der Waals surface area contributed by atoms with Crippen molar-refractivity contribution >= 4 is 65.6 Å². The van der Waals surface area contributed by atoms with Gasteiger partial charge in [-0.2, -0.15) is 0 Å². The van der Waals surface area contributed by atoms with Crippen LogP contribution in [0.3, 0.4) is 0 Å². The van der Waals surface area contributed by atoms with Crippen LogP contribution < -0.4 is 0 Å². The smallest absolute Gasteiger partial charge is 0.135 e. The van der Waals surface area contributed by atoms with Gasteiger partial charge in [0.1, 0.15) is 11.2 Å². The third-order valence-corrected chi connectivity index (χ3v) is 14.0. The largest absolute Gasteiger partial charge is 0.456 e. The molecule has 0 bridgehead atoms. The minimum absolute atomic E-state index is 0.547. The molecular weight excluding hydrogens is 777 g/mol. The molecule has 1 atom stereocenters. The fourth-order valence-corrected chi connectivity index (χ4v) is 11.3. The first-order valence-electron chi connectivity index (χ1n) is 22.1. The van der Waals surface area contributed by atoms with Gasteiger partial charge in [0.15, 0.2) is 0 Å². The molecule has 14 rings (SSSR count).